The zero-order chi connectivity index (χ0) is 20.7. The second kappa shape index (κ2) is 9.77. The van der Waals surface area contributed by atoms with Crippen molar-refractivity contribution in [2.75, 3.05) is 6.54 Å². The van der Waals surface area contributed by atoms with Crippen LogP contribution in [0.15, 0.2) is 70.6 Å². The molecule has 0 saturated carbocycles. The maximum atomic E-state index is 12.2. The van der Waals surface area contributed by atoms with Crippen molar-refractivity contribution in [2.24, 2.45) is 0 Å². The first kappa shape index (κ1) is 21.2. The van der Waals surface area contributed by atoms with Crippen molar-refractivity contribution < 1.29 is 13.2 Å². The number of rotatable bonds is 9. The predicted molar refractivity (Wildman–Crippen MR) is 111 cm³/mol. The Labute approximate surface area is 177 Å². The number of nitrogens with zero attached hydrogens (tertiary/aromatic N) is 3. The third-order valence-corrected chi connectivity index (χ3v) is 6.07. The van der Waals surface area contributed by atoms with Gasteiger partial charge in [-0.2, -0.15) is 5.10 Å². The molecule has 0 radical (unpaired) electrons. The lowest BCUT2D eigenvalue weighted by Crippen LogP contribution is -2.30. The lowest BCUT2D eigenvalue weighted by Gasteiger charge is -2.09. The van der Waals surface area contributed by atoms with E-state index in [1.54, 1.807) is 23.1 Å². The third-order valence-electron chi connectivity index (χ3n) is 4.06. The molecule has 0 aliphatic heterocycles. The highest BCUT2D eigenvalue weighted by Crippen LogP contribution is 2.14. The van der Waals surface area contributed by atoms with Crippen LogP contribution >= 0.6 is 15.9 Å². The second-order valence-electron chi connectivity index (χ2n) is 6.29. The average molecular weight is 478 g/mol. The van der Waals surface area contributed by atoms with E-state index in [9.17, 15) is 13.2 Å². The molecule has 8 nitrogen and oxygen atoms in total. The Hall–Kier alpha value is -2.56. The summed E-state index contributed by atoms with van der Waals surface area (Å²) in [5.41, 5.74) is 2.00. The fraction of sp³-hybridized carbons (Fsp3) is 0.211. The van der Waals surface area contributed by atoms with Gasteiger partial charge < -0.3 is 5.32 Å². The number of benzene rings is 2. The fourth-order valence-electron chi connectivity index (χ4n) is 2.62. The predicted octanol–water partition coefficient (Wildman–Crippen LogP) is 2.07. The van der Waals surface area contributed by atoms with E-state index in [-0.39, 0.29) is 23.8 Å². The zero-order valence-corrected chi connectivity index (χ0v) is 17.9. The monoisotopic (exact) mass is 477 g/mol. The molecule has 152 valence electrons. The lowest BCUT2D eigenvalue weighted by molar-refractivity contribution is -0.121. The molecule has 0 fully saturated rings. The molecule has 0 atom stereocenters. The molecule has 2 aromatic carbocycles. The van der Waals surface area contributed by atoms with Crippen LogP contribution in [0.2, 0.25) is 0 Å². The van der Waals surface area contributed by atoms with E-state index < -0.39 is 10.0 Å². The maximum absolute atomic E-state index is 12.2. The molecule has 3 aromatic rings. The summed E-state index contributed by atoms with van der Waals surface area (Å²) in [4.78, 5) is 16.1. The zero-order valence-electron chi connectivity index (χ0n) is 15.5. The Bertz CT molecular complexity index is 1050. The third kappa shape index (κ3) is 6.48. The van der Waals surface area contributed by atoms with Crippen molar-refractivity contribution in [3.05, 3.63) is 76.8 Å². The standard InChI is InChI=1S/C19H20BrN5O3S/c20-17-4-6-18(7-5-17)29(27,28)24-9-8-19(26)22-11-15-2-1-3-16(10-15)12-25-14-21-13-23-25/h1-7,10,13-14,24H,8-9,11-12H2,(H,22,26). The molecule has 0 aliphatic carbocycles. The van der Waals surface area contributed by atoms with Crippen molar-refractivity contribution in [3.63, 3.8) is 0 Å². The molecule has 0 bridgehead atoms. The first-order valence-electron chi connectivity index (χ1n) is 8.84. The van der Waals surface area contributed by atoms with E-state index in [1.165, 1.54) is 18.5 Å². The van der Waals surface area contributed by atoms with Crippen LogP contribution < -0.4 is 10.0 Å². The molecule has 1 aromatic heterocycles. The van der Waals surface area contributed by atoms with Crippen LogP contribution in [0.25, 0.3) is 0 Å². The smallest absolute Gasteiger partial charge is 0.240 e. The summed E-state index contributed by atoms with van der Waals surface area (Å²) in [6, 6.07) is 14.1. The van der Waals surface area contributed by atoms with E-state index >= 15 is 0 Å². The Morgan fingerprint density at radius 3 is 2.59 bits per heavy atom. The van der Waals surface area contributed by atoms with Crippen molar-refractivity contribution in [1.29, 1.82) is 0 Å². The van der Waals surface area contributed by atoms with E-state index in [4.69, 9.17) is 0 Å². The van der Waals surface area contributed by atoms with Gasteiger partial charge in [0.05, 0.1) is 11.4 Å². The van der Waals surface area contributed by atoms with E-state index in [0.717, 1.165) is 15.6 Å². The first-order valence-corrected chi connectivity index (χ1v) is 11.1. The maximum Gasteiger partial charge on any atom is 0.240 e. The molecule has 0 aliphatic rings. The molecule has 1 amide bonds. The summed E-state index contributed by atoms with van der Waals surface area (Å²) in [5.74, 6) is -0.231. The number of amides is 1. The summed E-state index contributed by atoms with van der Waals surface area (Å²) in [7, 11) is -3.63. The van der Waals surface area contributed by atoms with Crippen LogP contribution in [-0.2, 0) is 27.9 Å². The molecule has 0 saturated heterocycles. The van der Waals surface area contributed by atoms with Gasteiger partial charge in [0.25, 0.3) is 0 Å². The van der Waals surface area contributed by atoms with Crippen molar-refractivity contribution in [2.45, 2.75) is 24.4 Å². The van der Waals surface area contributed by atoms with Gasteiger partial charge in [-0.15, -0.1) is 0 Å². The summed E-state index contributed by atoms with van der Waals surface area (Å²) >= 11 is 3.26. The van der Waals surface area contributed by atoms with Crippen molar-refractivity contribution in [1.82, 2.24) is 24.8 Å². The van der Waals surface area contributed by atoms with Gasteiger partial charge in [0.15, 0.2) is 0 Å². The van der Waals surface area contributed by atoms with E-state index in [2.05, 4.69) is 36.1 Å². The van der Waals surface area contributed by atoms with Crippen LogP contribution in [0, 0.1) is 0 Å². The molecule has 0 unspecified atom stereocenters. The molecule has 10 heteroatoms. The van der Waals surface area contributed by atoms with Gasteiger partial charge in [-0.05, 0) is 35.4 Å². The number of nitrogens with one attached hydrogen (secondary N) is 2. The quantitative estimate of drug-likeness (QED) is 0.490. The minimum atomic E-state index is -3.63. The van der Waals surface area contributed by atoms with E-state index in [1.807, 2.05) is 24.3 Å². The van der Waals surface area contributed by atoms with Crippen LogP contribution in [-0.4, -0.2) is 35.6 Å². The molecule has 2 N–H and O–H groups in total. The van der Waals surface area contributed by atoms with Gasteiger partial charge in [0.1, 0.15) is 12.7 Å². The van der Waals surface area contributed by atoms with E-state index in [0.29, 0.717) is 13.1 Å². The van der Waals surface area contributed by atoms with Gasteiger partial charge >= 0.3 is 0 Å². The highest BCUT2D eigenvalue weighted by atomic mass is 79.9. The van der Waals surface area contributed by atoms with Crippen LogP contribution in [0.5, 0.6) is 0 Å². The Balaban J connectivity index is 1.45. The summed E-state index contributed by atoms with van der Waals surface area (Å²) in [6.07, 6.45) is 3.17. The Morgan fingerprint density at radius 2 is 1.86 bits per heavy atom. The minimum absolute atomic E-state index is 0.0244. The second-order valence-corrected chi connectivity index (χ2v) is 8.97. The fourth-order valence-corrected chi connectivity index (χ4v) is 3.92. The molecule has 29 heavy (non-hydrogen) atoms. The SMILES string of the molecule is O=C(CCNS(=O)(=O)c1ccc(Br)cc1)NCc1cccc(Cn2cncn2)c1. The highest BCUT2D eigenvalue weighted by Gasteiger charge is 2.13. The number of aromatic nitrogens is 3. The Morgan fingerprint density at radius 1 is 1.10 bits per heavy atom. The Kier molecular flexibility index (Phi) is 7.13. The molecule has 0 spiro atoms. The summed E-state index contributed by atoms with van der Waals surface area (Å²) in [5, 5.41) is 6.88. The van der Waals surface area contributed by atoms with Crippen molar-refractivity contribution in [3.8, 4) is 0 Å². The first-order chi connectivity index (χ1) is 13.9. The number of halogens is 1. The number of carbonyl (C=O) groups excluding carboxylic acids is 1. The largest absolute Gasteiger partial charge is 0.352 e. The number of sulfonamides is 1. The van der Waals surface area contributed by atoms with Gasteiger partial charge in [-0.3, -0.25) is 4.79 Å². The van der Waals surface area contributed by atoms with Gasteiger partial charge in [-0.25, -0.2) is 22.8 Å². The summed E-state index contributed by atoms with van der Waals surface area (Å²) in [6.45, 7) is 0.986. The lowest BCUT2D eigenvalue weighted by atomic mass is 10.1. The van der Waals surface area contributed by atoms with Crippen LogP contribution in [0.3, 0.4) is 0 Å². The molecular weight excluding hydrogens is 458 g/mol. The van der Waals surface area contributed by atoms with Crippen LogP contribution in [0.1, 0.15) is 17.5 Å². The highest BCUT2D eigenvalue weighted by molar-refractivity contribution is 9.10. The normalized spacial score (nSPS) is 11.3. The molecule has 1 heterocycles. The molecule has 3 rings (SSSR count). The number of carbonyl (C=O) groups is 1. The van der Waals surface area contributed by atoms with Gasteiger partial charge in [-0.1, -0.05) is 40.2 Å². The topological polar surface area (TPSA) is 106 Å². The number of hydrogen-bond donors (Lipinski definition) is 2. The van der Waals surface area contributed by atoms with Crippen LogP contribution in [0.4, 0.5) is 0 Å². The average Bonchev–Trinajstić information content (AvgIpc) is 3.20. The van der Waals surface area contributed by atoms with Gasteiger partial charge in [0, 0.05) is 24.0 Å². The van der Waals surface area contributed by atoms with Crippen molar-refractivity contribution >= 4 is 31.9 Å². The van der Waals surface area contributed by atoms with Gasteiger partial charge in [0.2, 0.25) is 15.9 Å². The number of hydrogen-bond acceptors (Lipinski definition) is 5. The summed E-state index contributed by atoms with van der Waals surface area (Å²) < 4.78 is 29.4. The minimum Gasteiger partial charge on any atom is -0.352 e. The molecular formula is C19H20BrN5O3S.